The van der Waals surface area contributed by atoms with Gasteiger partial charge in [0.25, 0.3) is 0 Å². The van der Waals surface area contributed by atoms with Gasteiger partial charge in [-0.15, -0.1) is 11.3 Å². The van der Waals surface area contributed by atoms with Crippen LogP contribution in [0.1, 0.15) is 18.7 Å². The van der Waals surface area contributed by atoms with Crippen LogP contribution < -0.4 is 5.32 Å². The molecule has 0 radical (unpaired) electrons. The molecule has 0 saturated heterocycles. The lowest BCUT2D eigenvalue weighted by molar-refractivity contribution is 0.891. The van der Waals surface area contributed by atoms with Crippen LogP contribution >= 0.6 is 34.5 Å². The Morgan fingerprint density at radius 1 is 1.09 bits per heavy atom. The molecule has 0 aliphatic heterocycles. The van der Waals surface area contributed by atoms with E-state index in [0.717, 1.165) is 32.2 Å². The second-order valence-electron chi connectivity index (χ2n) is 5.36. The normalized spacial score (nSPS) is 11.4. The van der Waals surface area contributed by atoms with E-state index in [1.165, 1.54) is 4.88 Å². The van der Waals surface area contributed by atoms with Gasteiger partial charge >= 0.3 is 0 Å². The molecule has 1 N–H and O–H groups in total. The fraction of sp³-hybridized carbons (Fsp3) is 0.250. The number of fused-ring (bicyclic) bond motifs is 1. The van der Waals surface area contributed by atoms with E-state index in [1.54, 1.807) is 11.3 Å². The van der Waals surface area contributed by atoms with Crippen molar-refractivity contribution in [3.63, 3.8) is 0 Å². The van der Waals surface area contributed by atoms with Crippen LogP contribution in [0.4, 0.5) is 5.82 Å². The third-order valence-corrected chi connectivity index (χ3v) is 4.68. The van der Waals surface area contributed by atoms with E-state index < -0.39 is 0 Å². The van der Waals surface area contributed by atoms with E-state index in [0.29, 0.717) is 0 Å². The van der Waals surface area contributed by atoms with Crippen LogP contribution in [-0.2, 0) is 0 Å². The molecule has 0 aliphatic carbocycles. The molecular formula is C16H15Cl2N3S. The first-order valence-corrected chi connectivity index (χ1v) is 8.52. The predicted octanol–water partition coefficient (Wildman–Crippen LogP) is 5.79. The maximum Gasteiger partial charge on any atom is 0.225 e. The second kappa shape index (κ2) is 6.03. The van der Waals surface area contributed by atoms with Crippen molar-refractivity contribution < 1.29 is 0 Å². The largest absolute Gasteiger partial charge is 0.367 e. The number of thiophene rings is 1. The van der Waals surface area contributed by atoms with Gasteiger partial charge in [0, 0.05) is 21.5 Å². The Bertz CT molecular complexity index is 826. The second-order valence-corrected chi connectivity index (χ2v) is 7.34. The number of rotatable bonds is 3. The van der Waals surface area contributed by atoms with Crippen LogP contribution in [0.15, 0.2) is 24.3 Å². The van der Waals surface area contributed by atoms with E-state index in [9.17, 15) is 0 Å². The molecule has 1 aromatic carbocycles. The third-order valence-electron chi connectivity index (χ3n) is 3.26. The molecule has 0 saturated carbocycles. The summed E-state index contributed by atoms with van der Waals surface area (Å²) < 4.78 is 0. The van der Waals surface area contributed by atoms with Crippen LogP contribution in [0.25, 0.3) is 21.3 Å². The number of aromatic nitrogens is 2. The Kier molecular flexibility index (Phi) is 4.26. The average molecular weight is 352 g/mol. The minimum atomic E-state index is 0.257. The summed E-state index contributed by atoms with van der Waals surface area (Å²) in [7, 11) is 0. The minimum absolute atomic E-state index is 0.257. The zero-order valence-corrected chi connectivity index (χ0v) is 14.8. The van der Waals surface area contributed by atoms with Gasteiger partial charge in [-0.1, -0.05) is 23.7 Å². The summed E-state index contributed by atoms with van der Waals surface area (Å²) in [5.41, 5.74) is 2.24. The van der Waals surface area contributed by atoms with Crippen LogP contribution in [0, 0.1) is 6.92 Å². The number of nitrogens with zero attached hydrogens (tertiary/aromatic N) is 2. The zero-order chi connectivity index (χ0) is 15.9. The first-order valence-electron chi connectivity index (χ1n) is 6.95. The van der Waals surface area contributed by atoms with Crippen molar-refractivity contribution in [2.45, 2.75) is 26.8 Å². The number of aryl methyl sites for hydroxylation is 1. The Morgan fingerprint density at radius 2 is 1.77 bits per heavy atom. The summed E-state index contributed by atoms with van der Waals surface area (Å²) in [4.78, 5) is 10.8. The number of hydrogen-bond donors (Lipinski definition) is 1. The van der Waals surface area contributed by atoms with Gasteiger partial charge in [0.1, 0.15) is 10.6 Å². The Labute approximate surface area is 143 Å². The van der Waals surface area contributed by atoms with Gasteiger partial charge in [-0.3, -0.25) is 0 Å². The standard InChI is InChI=1S/C16H15Cl2N3S/c1-8(2)19-14-13-12(10-4-6-11(17)7-5-10)9(3)22-15(13)21-16(18)20-14/h4-8H,1-3H3,(H,19,20,21). The van der Waals surface area contributed by atoms with E-state index in [4.69, 9.17) is 23.2 Å². The van der Waals surface area contributed by atoms with Crippen molar-refractivity contribution in [1.29, 1.82) is 0 Å². The maximum atomic E-state index is 6.06. The van der Waals surface area contributed by atoms with Crippen molar-refractivity contribution in [2.24, 2.45) is 0 Å². The highest BCUT2D eigenvalue weighted by Gasteiger charge is 2.18. The summed E-state index contributed by atoms with van der Waals surface area (Å²) in [5, 5.41) is 5.37. The van der Waals surface area contributed by atoms with Gasteiger partial charge in [-0.2, -0.15) is 0 Å². The number of benzene rings is 1. The fourth-order valence-corrected chi connectivity index (χ4v) is 3.82. The van der Waals surface area contributed by atoms with Gasteiger partial charge in [0.2, 0.25) is 5.28 Å². The SMILES string of the molecule is Cc1sc2nc(Cl)nc(NC(C)C)c2c1-c1ccc(Cl)cc1. The Hall–Kier alpha value is -1.36. The minimum Gasteiger partial charge on any atom is -0.367 e. The zero-order valence-electron chi connectivity index (χ0n) is 12.4. The highest BCUT2D eigenvalue weighted by atomic mass is 35.5. The Morgan fingerprint density at radius 3 is 2.41 bits per heavy atom. The summed E-state index contributed by atoms with van der Waals surface area (Å²) in [5.74, 6) is 0.777. The van der Waals surface area contributed by atoms with E-state index in [-0.39, 0.29) is 11.3 Å². The van der Waals surface area contributed by atoms with Crippen LogP contribution in [0.3, 0.4) is 0 Å². The molecule has 2 heterocycles. The quantitative estimate of drug-likeness (QED) is 0.606. The molecule has 114 valence electrons. The first kappa shape index (κ1) is 15.5. The van der Waals surface area contributed by atoms with Gasteiger partial charge < -0.3 is 5.32 Å². The molecule has 6 heteroatoms. The van der Waals surface area contributed by atoms with Gasteiger partial charge in [-0.25, -0.2) is 9.97 Å². The summed E-state index contributed by atoms with van der Waals surface area (Å²) in [6.07, 6.45) is 0. The topological polar surface area (TPSA) is 37.8 Å². The molecule has 0 fully saturated rings. The molecule has 3 aromatic rings. The monoisotopic (exact) mass is 351 g/mol. The molecule has 0 spiro atoms. The van der Waals surface area contributed by atoms with Crippen molar-refractivity contribution in [2.75, 3.05) is 5.32 Å². The van der Waals surface area contributed by atoms with Gasteiger partial charge in [0.05, 0.1) is 5.39 Å². The summed E-state index contributed by atoms with van der Waals surface area (Å²) in [6, 6.07) is 8.08. The van der Waals surface area contributed by atoms with Crippen LogP contribution in [0.5, 0.6) is 0 Å². The molecule has 0 atom stereocenters. The van der Waals surface area contributed by atoms with Crippen molar-refractivity contribution >= 4 is 50.6 Å². The third kappa shape index (κ3) is 2.91. The van der Waals surface area contributed by atoms with Crippen LogP contribution in [-0.4, -0.2) is 16.0 Å². The van der Waals surface area contributed by atoms with Crippen molar-refractivity contribution in [3.8, 4) is 11.1 Å². The fourth-order valence-electron chi connectivity index (χ4n) is 2.43. The highest BCUT2D eigenvalue weighted by molar-refractivity contribution is 7.19. The average Bonchev–Trinajstić information content (AvgIpc) is 2.75. The lowest BCUT2D eigenvalue weighted by Crippen LogP contribution is -2.11. The molecule has 2 aromatic heterocycles. The number of halogens is 2. The van der Waals surface area contributed by atoms with Crippen LogP contribution in [0.2, 0.25) is 10.3 Å². The summed E-state index contributed by atoms with van der Waals surface area (Å²) in [6.45, 7) is 6.23. The molecule has 0 amide bonds. The smallest absolute Gasteiger partial charge is 0.225 e. The number of hydrogen-bond acceptors (Lipinski definition) is 4. The molecule has 22 heavy (non-hydrogen) atoms. The lowest BCUT2D eigenvalue weighted by atomic mass is 10.0. The number of nitrogens with one attached hydrogen (secondary N) is 1. The first-order chi connectivity index (χ1) is 10.5. The molecular weight excluding hydrogens is 337 g/mol. The molecule has 0 unspecified atom stereocenters. The molecule has 0 aliphatic rings. The predicted molar refractivity (Wildman–Crippen MR) is 96.4 cm³/mol. The summed E-state index contributed by atoms with van der Waals surface area (Å²) >= 11 is 13.7. The van der Waals surface area contributed by atoms with Gasteiger partial charge in [0.15, 0.2) is 0 Å². The number of anilines is 1. The van der Waals surface area contributed by atoms with E-state index >= 15 is 0 Å². The Balaban J connectivity index is 2.29. The van der Waals surface area contributed by atoms with Gasteiger partial charge in [-0.05, 0) is 50.1 Å². The van der Waals surface area contributed by atoms with E-state index in [1.807, 2.05) is 24.3 Å². The highest BCUT2D eigenvalue weighted by Crippen LogP contribution is 2.41. The van der Waals surface area contributed by atoms with Crippen molar-refractivity contribution in [3.05, 3.63) is 39.4 Å². The molecule has 3 rings (SSSR count). The maximum absolute atomic E-state index is 6.06. The van der Waals surface area contributed by atoms with Crippen molar-refractivity contribution in [1.82, 2.24) is 9.97 Å². The molecule has 0 bridgehead atoms. The molecule has 3 nitrogen and oxygen atoms in total. The lowest BCUT2D eigenvalue weighted by Gasteiger charge is -2.12. The van der Waals surface area contributed by atoms with E-state index in [2.05, 4.69) is 36.1 Å².